The first kappa shape index (κ1) is 26.9. The van der Waals surface area contributed by atoms with E-state index in [2.05, 4.69) is 6.07 Å². The van der Waals surface area contributed by atoms with Crippen molar-refractivity contribution in [3.8, 4) is 11.5 Å². The van der Waals surface area contributed by atoms with Crippen molar-refractivity contribution in [2.24, 2.45) is 5.41 Å². The lowest BCUT2D eigenvalue weighted by Gasteiger charge is -2.37. The van der Waals surface area contributed by atoms with Crippen LogP contribution in [-0.4, -0.2) is 43.2 Å². The number of Topliss-reactive ketones (excluding diaryl/α,β-unsaturated/α-hetero) is 3. The molecule has 0 aromatic heterocycles. The maximum atomic E-state index is 14.9. The molecule has 6 heteroatoms. The Morgan fingerprint density at radius 2 is 1.60 bits per heavy atom. The van der Waals surface area contributed by atoms with Crippen molar-refractivity contribution in [3.05, 3.63) is 130 Å². The highest BCUT2D eigenvalue weighted by Crippen LogP contribution is 2.62. The zero-order chi connectivity index (χ0) is 29.9. The first-order chi connectivity index (χ1) is 20.9. The Morgan fingerprint density at radius 1 is 0.884 bits per heavy atom. The molecule has 1 spiro atoms. The van der Waals surface area contributed by atoms with E-state index in [9.17, 15) is 14.4 Å². The molecule has 3 atom stereocenters. The number of anilines is 1. The van der Waals surface area contributed by atoms with Gasteiger partial charge in [-0.1, -0.05) is 78.4 Å². The van der Waals surface area contributed by atoms with Gasteiger partial charge in [-0.3, -0.25) is 14.4 Å². The second-order valence-corrected chi connectivity index (χ2v) is 11.3. The van der Waals surface area contributed by atoms with E-state index in [1.807, 2.05) is 67.3 Å². The minimum Gasteiger partial charge on any atom is -0.497 e. The molecular weight excluding hydrogens is 538 g/mol. The molecule has 2 aliphatic heterocycles. The summed E-state index contributed by atoms with van der Waals surface area (Å²) in [5.41, 5.74) is 3.12. The predicted octanol–water partition coefficient (Wildman–Crippen LogP) is 6.72. The van der Waals surface area contributed by atoms with E-state index < -0.39 is 23.4 Å². The zero-order valence-corrected chi connectivity index (χ0v) is 24.2. The van der Waals surface area contributed by atoms with Crippen LogP contribution in [0.1, 0.15) is 60.6 Å². The van der Waals surface area contributed by atoms with Crippen LogP contribution in [0.3, 0.4) is 0 Å². The number of para-hydroxylation sites is 1. The lowest BCUT2D eigenvalue weighted by Crippen LogP contribution is -2.48. The largest absolute Gasteiger partial charge is 0.497 e. The first-order valence-corrected chi connectivity index (χ1v) is 14.6. The molecule has 6 nitrogen and oxygen atoms in total. The van der Waals surface area contributed by atoms with Gasteiger partial charge in [0, 0.05) is 33.9 Å². The van der Waals surface area contributed by atoms with Gasteiger partial charge in [0.1, 0.15) is 23.0 Å². The van der Waals surface area contributed by atoms with E-state index in [1.54, 1.807) is 55.6 Å². The molecule has 4 aromatic carbocycles. The van der Waals surface area contributed by atoms with Gasteiger partial charge in [-0.2, -0.15) is 0 Å². The summed E-state index contributed by atoms with van der Waals surface area (Å²) in [6.07, 6.45) is 3.93. The number of hydrogen-bond donors (Lipinski definition) is 0. The Kier molecular flexibility index (Phi) is 6.31. The summed E-state index contributed by atoms with van der Waals surface area (Å²) in [6.45, 7) is 4.31. The summed E-state index contributed by atoms with van der Waals surface area (Å²) in [5, 5.41) is 0. The van der Waals surface area contributed by atoms with Gasteiger partial charge < -0.3 is 14.4 Å². The molecule has 1 unspecified atom stereocenters. The number of aryl methyl sites for hydroxylation is 1. The topological polar surface area (TPSA) is 72.9 Å². The van der Waals surface area contributed by atoms with E-state index >= 15 is 0 Å². The van der Waals surface area contributed by atoms with Crippen LogP contribution in [0.15, 0.2) is 97.1 Å². The van der Waals surface area contributed by atoms with Gasteiger partial charge in [0.05, 0.1) is 19.8 Å². The van der Waals surface area contributed by atoms with Crippen LogP contribution < -0.4 is 14.4 Å². The number of ether oxygens (including phenoxy) is 2. The maximum absolute atomic E-state index is 14.9. The van der Waals surface area contributed by atoms with Crippen molar-refractivity contribution in [2.75, 3.05) is 18.6 Å². The number of methoxy groups -OCH3 is 1. The van der Waals surface area contributed by atoms with Crippen LogP contribution in [0.25, 0.3) is 6.08 Å². The van der Waals surface area contributed by atoms with Gasteiger partial charge in [-0.05, 0) is 49.7 Å². The third-order valence-electron chi connectivity index (χ3n) is 9.14. The molecular formula is C37H31NO5. The quantitative estimate of drug-likeness (QED) is 0.190. The molecule has 1 fully saturated rings. The number of nitrogens with zero attached hydrogens (tertiary/aromatic N) is 1. The number of hydrogen-bond acceptors (Lipinski definition) is 6. The van der Waals surface area contributed by atoms with Gasteiger partial charge in [-0.25, -0.2) is 0 Å². The minimum absolute atomic E-state index is 0.199. The number of benzene rings is 4. The molecule has 3 aliphatic rings. The molecule has 0 N–H and O–H groups in total. The summed E-state index contributed by atoms with van der Waals surface area (Å²) < 4.78 is 11.6. The normalized spacial score (nSPS) is 21.0. The molecule has 0 bridgehead atoms. The molecule has 1 aliphatic carbocycles. The summed E-state index contributed by atoms with van der Waals surface area (Å²) in [6, 6.07) is 26.0. The van der Waals surface area contributed by atoms with Crippen LogP contribution in [0.4, 0.5) is 5.69 Å². The molecule has 0 saturated carbocycles. The van der Waals surface area contributed by atoms with Crippen LogP contribution in [0.5, 0.6) is 11.5 Å². The van der Waals surface area contributed by atoms with Crippen LogP contribution in [-0.2, 0) is 0 Å². The predicted molar refractivity (Wildman–Crippen MR) is 165 cm³/mol. The van der Waals surface area contributed by atoms with Crippen molar-refractivity contribution in [2.45, 2.75) is 31.8 Å². The highest BCUT2D eigenvalue weighted by Gasteiger charge is 2.72. The van der Waals surface area contributed by atoms with Crippen molar-refractivity contribution in [1.29, 1.82) is 0 Å². The van der Waals surface area contributed by atoms with E-state index in [1.165, 1.54) is 0 Å². The fourth-order valence-electron chi connectivity index (χ4n) is 7.41. The zero-order valence-electron chi connectivity index (χ0n) is 24.2. The molecule has 43 heavy (non-hydrogen) atoms. The average Bonchev–Trinajstić information content (AvgIpc) is 3.47. The van der Waals surface area contributed by atoms with Crippen molar-refractivity contribution >= 4 is 29.1 Å². The molecule has 0 amide bonds. The lowest BCUT2D eigenvalue weighted by atomic mass is 9.64. The Morgan fingerprint density at radius 3 is 2.33 bits per heavy atom. The van der Waals surface area contributed by atoms with E-state index in [4.69, 9.17) is 9.47 Å². The standard InChI is InChI=1S/C37H31NO5/c1-4-43-30-15-8-7-14-28(30)32-33(34(39)24-10-9-11-25(21-24)42-3)38-29-18-16-22(2)20-23(29)17-19-31(38)37(32)35(40)26-12-5-6-13-27(26)36(37)41/h5-21,31-33H,4H2,1-3H3/t31?,32-,33+/m1/s1. The summed E-state index contributed by atoms with van der Waals surface area (Å²) in [5.74, 6) is -0.460. The molecule has 4 aromatic rings. The SMILES string of the molecule is CCOc1ccccc1[C@@H]1[C@@H](C(=O)c2cccc(OC)c2)N2c3ccc(C)cc3C=CC2C12C(=O)c1ccccc1C2=O. The smallest absolute Gasteiger partial charge is 0.186 e. The fourth-order valence-corrected chi connectivity index (χ4v) is 7.41. The van der Waals surface area contributed by atoms with Gasteiger partial charge in [0.2, 0.25) is 0 Å². The maximum Gasteiger partial charge on any atom is 0.186 e. The monoisotopic (exact) mass is 569 g/mol. The van der Waals surface area contributed by atoms with Gasteiger partial charge in [0.25, 0.3) is 0 Å². The lowest BCUT2D eigenvalue weighted by molar-refractivity contribution is 0.0664. The number of rotatable bonds is 6. The van der Waals surface area contributed by atoms with Crippen LogP contribution in [0, 0.1) is 12.3 Å². The Balaban J connectivity index is 1.56. The van der Waals surface area contributed by atoms with Crippen molar-refractivity contribution < 1.29 is 23.9 Å². The Labute approximate surface area is 250 Å². The summed E-state index contributed by atoms with van der Waals surface area (Å²) in [4.78, 5) is 46.7. The first-order valence-electron chi connectivity index (χ1n) is 14.6. The number of carbonyl (C=O) groups excluding carboxylic acids is 3. The van der Waals surface area contributed by atoms with Crippen molar-refractivity contribution in [1.82, 2.24) is 0 Å². The second kappa shape index (κ2) is 10.1. The van der Waals surface area contributed by atoms with Gasteiger partial charge >= 0.3 is 0 Å². The second-order valence-electron chi connectivity index (χ2n) is 11.3. The van der Waals surface area contributed by atoms with Crippen LogP contribution >= 0.6 is 0 Å². The fraction of sp³-hybridized carbons (Fsp3) is 0.216. The minimum atomic E-state index is -1.59. The average molecular weight is 570 g/mol. The van der Waals surface area contributed by atoms with E-state index in [0.717, 1.165) is 16.8 Å². The molecule has 214 valence electrons. The Hall–Kier alpha value is -4.97. The summed E-state index contributed by atoms with van der Waals surface area (Å²) in [7, 11) is 1.56. The van der Waals surface area contributed by atoms with E-state index in [0.29, 0.717) is 40.4 Å². The molecule has 0 radical (unpaired) electrons. The summed E-state index contributed by atoms with van der Waals surface area (Å²) >= 11 is 0. The van der Waals surface area contributed by atoms with Gasteiger partial charge in [-0.15, -0.1) is 0 Å². The third-order valence-corrected chi connectivity index (χ3v) is 9.14. The van der Waals surface area contributed by atoms with Crippen molar-refractivity contribution in [3.63, 3.8) is 0 Å². The number of ketones is 3. The molecule has 2 heterocycles. The van der Waals surface area contributed by atoms with Crippen LogP contribution in [0.2, 0.25) is 0 Å². The third kappa shape index (κ3) is 3.75. The number of carbonyl (C=O) groups is 3. The highest BCUT2D eigenvalue weighted by atomic mass is 16.5. The molecule has 1 saturated heterocycles. The van der Waals surface area contributed by atoms with Gasteiger partial charge in [0.15, 0.2) is 17.3 Å². The van der Waals surface area contributed by atoms with E-state index in [-0.39, 0.29) is 17.3 Å². The highest BCUT2D eigenvalue weighted by molar-refractivity contribution is 6.32. The Bertz CT molecular complexity index is 1800. The molecule has 7 rings (SSSR count). The number of fused-ring (bicyclic) bond motifs is 5.